The van der Waals surface area contributed by atoms with Gasteiger partial charge in [0, 0.05) is 12.0 Å². The van der Waals surface area contributed by atoms with Crippen LogP contribution < -0.4 is 0 Å². The third-order valence-corrected chi connectivity index (χ3v) is 2.74. The lowest BCUT2D eigenvalue weighted by molar-refractivity contribution is 0.0993. The van der Waals surface area contributed by atoms with E-state index >= 15 is 0 Å². The topological polar surface area (TPSA) is 54.4 Å². The number of rotatable bonds is 4. The highest BCUT2D eigenvalue weighted by Gasteiger charge is 2.12. The number of hydrogen-bond donors (Lipinski definition) is 1. The van der Waals surface area contributed by atoms with Crippen LogP contribution in [0.5, 0.6) is 5.75 Å². The second kappa shape index (κ2) is 5.27. The summed E-state index contributed by atoms with van der Waals surface area (Å²) in [5.41, 5.74) is 1.32. The highest BCUT2D eigenvalue weighted by Crippen LogP contribution is 2.20. The zero-order valence-electron chi connectivity index (χ0n) is 9.67. The van der Waals surface area contributed by atoms with E-state index in [1.165, 1.54) is 6.07 Å². The summed E-state index contributed by atoms with van der Waals surface area (Å²) in [6, 6.07) is 13.6. The van der Waals surface area contributed by atoms with Crippen LogP contribution in [-0.2, 0) is 6.42 Å². The largest absolute Gasteiger partial charge is 0.507 e. The van der Waals surface area contributed by atoms with Gasteiger partial charge in [-0.2, -0.15) is 0 Å². The van der Waals surface area contributed by atoms with Crippen molar-refractivity contribution >= 4 is 12.1 Å². The van der Waals surface area contributed by atoms with E-state index in [2.05, 4.69) is 0 Å². The Balaban J connectivity index is 2.28. The number of Topliss-reactive ketones (excluding diaryl/α,β-unsaturated/α-hetero) is 1. The monoisotopic (exact) mass is 240 g/mol. The van der Waals surface area contributed by atoms with E-state index in [1.54, 1.807) is 36.4 Å². The van der Waals surface area contributed by atoms with Crippen LogP contribution in [0.3, 0.4) is 0 Å². The van der Waals surface area contributed by atoms with Gasteiger partial charge in [-0.1, -0.05) is 42.5 Å². The van der Waals surface area contributed by atoms with E-state index in [-0.39, 0.29) is 23.5 Å². The first kappa shape index (κ1) is 12.0. The van der Waals surface area contributed by atoms with Crippen LogP contribution in [-0.4, -0.2) is 17.2 Å². The maximum absolute atomic E-state index is 12.0. The second-order valence-corrected chi connectivity index (χ2v) is 3.93. The molecule has 0 fully saturated rings. The molecule has 3 nitrogen and oxygen atoms in total. The lowest BCUT2D eigenvalue weighted by Crippen LogP contribution is -2.05. The summed E-state index contributed by atoms with van der Waals surface area (Å²) < 4.78 is 0. The molecule has 2 aromatic carbocycles. The van der Waals surface area contributed by atoms with Gasteiger partial charge in [-0.05, 0) is 11.6 Å². The molecule has 0 aliphatic heterocycles. The van der Waals surface area contributed by atoms with Gasteiger partial charge in [-0.3, -0.25) is 9.59 Å². The first-order valence-electron chi connectivity index (χ1n) is 5.56. The van der Waals surface area contributed by atoms with Gasteiger partial charge in [0.15, 0.2) is 12.1 Å². The molecule has 0 unspecified atom stereocenters. The molecule has 0 saturated carbocycles. The minimum atomic E-state index is -0.0941. The summed E-state index contributed by atoms with van der Waals surface area (Å²) in [7, 11) is 0. The van der Waals surface area contributed by atoms with Crippen LogP contribution in [0.2, 0.25) is 0 Å². The number of hydrogen-bond acceptors (Lipinski definition) is 3. The Bertz CT molecular complexity index is 574. The molecule has 3 heteroatoms. The predicted octanol–water partition coefficient (Wildman–Crippen LogP) is 2.63. The molecule has 18 heavy (non-hydrogen) atoms. The van der Waals surface area contributed by atoms with E-state index in [0.29, 0.717) is 17.4 Å². The Morgan fingerprint density at radius 2 is 1.78 bits per heavy atom. The van der Waals surface area contributed by atoms with Gasteiger partial charge >= 0.3 is 0 Å². The zero-order chi connectivity index (χ0) is 13.0. The molecular weight excluding hydrogens is 228 g/mol. The van der Waals surface area contributed by atoms with Crippen molar-refractivity contribution in [3.63, 3.8) is 0 Å². The second-order valence-electron chi connectivity index (χ2n) is 3.93. The number of aromatic hydroxyl groups is 1. The molecule has 0 atom stereocenters. The molecule has 0 bridgehead atoms. The highest BCUT2D eigenvalue weighted by atomic mass is 16.3. The number of benzene rings is 2. The number of ketones is 1. The van der Waals surface area contributed by atoms with Crippen LogP contribution in [0, 0.1) is 0 Å². The third kappa shape index (κ3) is 2.46. The van der Waals surface area contributed by atoms with E-state index in [4.69, 9.17) is 0 Å². The summed E-state index contributed by atoms with van der Waals surface area (Å²) in [4.78, 5) is 22.9. The van der Waals surface area contributed by atoms with Crippen molar-refractivity contribution in [2.24, 2.45) is 0 Å². The molecule has 2 aromatic rings. The minimum Gasteiger partial charge on any atom is -0.507 e. The molecule has 0 aromatic heterocycles. The van der Waals surface area contributed by atoms with E-state index in [1.807, 2.05) is 6.07 Å². The van der Waals surface area contributed by atoms with Crippen LogP contribution >= 0.6 is 0 Å². The minimum absolute atomic E-state index is 0.0794. The molecule has 2 rings (SSSR count). The van der Waals surface area contributed by atoms with Crippen LogP contribution in [0.25, 0.3) is 0 Å². The fourth-order valence-electron chi connectivity index (χ4n) is 1.79. The SMILES string of the molecule is O=Cc1c(O)cccc1CC(=O)c1ccccc1. The molecular formula is C15H12O3. The summed E-state index contributed by atoms with van der Waals surface area (Å²) in [6.07, 6.45) is 0.676. The molecule has 0 spiro atoms. The summed E-state index contributed by atoms with van der Waals surface area (Å²) in [6.45, 7) is 0. The van der Waals surface area contributed by atoms with Crippen LogP contribution in [0.4, 0.5) is 0 Å². The number of phenolic OH excluding ortho intramolecular Hbond substituents is 1. The van der Waals surface area contributed by atoms with E-state index < -0.39 is 0 Å². The Morgan fingerprint density at radius 3 is 2.44 bits per heavy atom. The van der Waals surface area contributed by atoms with Gasteiger partial charge in [0.2, 0.25) is 0 Å². The predicted molar refractivity (Wildman–Crippen MR) is 68.0 cm³/mol. The molecule has 1 N–H and O–H groups in total. The van der Waals surface area contributed by atoms with Crippen molar-refractivity contribution in [1.29, 1.82) is 0 Å². The van der Waals surface area contributed by atoms with Gasteiger partial charge in [0.25, 0.3) is 0 Å². The standard InChI is InChI=1S/C15H12O3/c16-10-13-12(7-4-8-14(13)17)9-15(18)11-5-2-1-3-6-11/h1-8,10,17H,9H2. The number of carbonyl (C=O) groups is 2. The Kier molecular flexibility index (Phi) is 3.53. The molecule has 90 valence electrons. The number of carbonyl (C=O) groups excluding carboxylic acids is 2. The Labute approximate surface area is 105 Å². The lowest BCUT2D eigenvalue weighted by Gasteiger charge is -2.06. The maximum Gasteiger partial charge on any atom is 0.167 e. The lowest BCUT2D eigenvalue weighted by atomic mass is 9.99. The number of aldehydes is 1. The van der Waals surface area contributed by atoms with Crippen molar-refractivity contribution in [2.45, 2.75) is 6.42 Å². The molecule has 0 amide bonds. The summed E-state index contributed by atoms with van der Waals surface area (Å²) in [5, 5.41) is 9.53. The molecule has 0 radical (unpaired) electrons. The summed E-state index contributed by atoms with van der Waals surface area (Å²) >= 11 is 0. The first-order valence-corrected chi connectivity index (χ1v) is 5.56. The van der Waals surface area contributed by atoms with Crippen molar-refractivity contribution in [3.05, 3.63) is 65.2 Å². The van der Waals surface area contributed by atoms with E-state index in [9.17, 15) is 14.7 Å². The average molecular weight is 240 g/mol. The van der Waals surface area contributed by atoms with E-state index in [0.717, 1.165) is 0 Å². The van der Waals surface area contributed by atoms with Gasteiger partial charge in [0.1, 0.15) is 5.75 Å². The van der Waals surface area contributed by atoms with Crippen LogP contribution in [0.1, 0.15) is 26.3 Å². The van der Waals surface area contributed by atoms with Crippen molar-refractivity contribution in [2.75, 3.05) is 0 Å². The molecule has 0 aliphatic carbocycles. The Morgan fingerprint density at radius 1 is 1.06 bits per heavy atom. The summed E-state index contributed by atoms with van der Waals surface area (Å²) in [5.74, 6) is -0.173. The molecule has 0 heterocycles. The average Bonchev–Trinajstić information content (AvgIpc) is 2.40. The fraction of sp³-hybridized carbons (Fsp3) is 0.0667. The van der Waals surface area contributed by atoms with Gasteiger partial charge in [0.05, 0.1) is 5.56 Å². The fourth-order valence-corrected chi connectivity index (χ4v) is 1.79. The van der Waals surface area contributed by atoms with Gasteiger partial charge in [-0.15, -0.1) is 0 Å². The van der Waals surface area contributed by atoms with Crippen molar-refractivity contribution in [1.82, 2.24) is 0 Å². The number of phenols is 1. The van der Waals surface area contributed by atoms with Crippen molar-refractivity contribution in [3.8, 4) is 5.75 Å². The molecule has 0 saturated heterocycles. The maximum atomic E-state index is 12.0. The quantitative estimate of drug-likeness (QED) is 0.660. The first-order chi connectivity index (χ1) is 8.72. The van der Waals surface area contributed by atoms with Crippen LogP contribution in [0.15, 0.2) is 48.5 Å². The van der Waals surface area contributed by atoms with Crippen molar-refractivity contribution < 1.29 is 14.7 Å². The Hall–Kier alpha value is -2.42. The smallest absolute Gasteiger partial charge is 0.167 e. The zero-order valence-corrected chi connectivity index (χ0v) is 9.67. The third-order valence-electron chi connectivity index (χ3n) is 2.74. The highest BCUT2D eigenvalue weighted by molar-refractivity contribution is 5.98. The molecule has 0 aliphatic rings. The van der Waals surface area contributed by atoms with Gasteiger partial charge in [-0.25, -0.2) is 0 Å². The van der Waals surface area contributed by atoms with Gasteiger partial charge < -0.3 is 5.11 Å². The normalized spacial score (nSPS) is 10.0.